The van der Waals surface area contributed by atoms with Gasteiger partial charge in [0, 0.05) is 16.3 Å². The van der Waals surface area contributed by atoms with E-state index in [9.17, 15) is 13.2 Å². The second-order valence-corrected chi connectivity index (χ2v) is 7.84. The molecule has 0 radical (unpaired) electrons. The van der Waals surface area contributed by atoms with E-state index in [-0.39, 0.29) is 21.4 Å². The molecular weight excluding hydrogens is 411 g/mol. The molecule has 3 rings (SSSR count). The number of aromatic nitrogens is 2. The van der Waals surface area contributed by atoms with Crippen molar-refractivity contribution in [1.29, 1.82) is 0 Å². The summed E-state index contributed by atoms with van der Waals surface area (Å²) < 4.78 is 27.5. The minimum atomic E-state index is -3.88. The Morgan fingerprint density at radius 2 is 1.67 bits per heavy atom. The molecule has 0 unspecified atom stereocenters. The third kappa shape index (κ3) is 4.94. The standard InChI is InChI=1S/C17H12Cl2N4O3S/c18-12-4-6-13(7-5-12)23-27(25,26)14-3-1-2-11(10-14)17(24)20-16-9-8-15(19)21-22-16/h1-10,23H,(H,20,22,24). The summed E-state index contributed by atoms with van der Waals surface area (Å²) in [4.78, 5) is 12.3. The van der Waals surface area contributed by atoms with Crippen LogP contribution in [-0.2, 0) is 10.0 Å². The number of nitrogens with one attached hydrogen (secondary N) is 2. The van der Waals surface area contributed by atoms with Crippen molar-refractivity contribution in [3.05, 3.63) is 76.4 Å². The van der Waals surface area contributed by atoms with Gasteiger partial charge < -0.3 is 5.32 Å². The maximum atomic E-state index is 12.5. The number of rotatable bonds is 5. The maximum absolute atomic E-state index is 12.5. The highest BCUT2D eigenvalue weighted by atomic mass is 35.5. The van der Waals surface area contributed by atoms with Crippen LogP contribution < -0.4 is 10.0 Å². The number of nitrogens with zero attached hydrogens (tertiary/aromatic N) is 2. The van der Waals surface area contributed by atoms with Gasteiger partial charge in [-0.05, 0) is 54.6 Å². The first-order valence-corrected chi connectivity index (χ1v) is 9.76. The predicted molar refractivity (Wildman–Crippen MR) is 104 cm³/mol. The summed E-state index contributed by atoms with van der Waals surface area (Å²) in [6, 6.07) is 14.8. The highest BCUT2D eigenvalue weighted by molar-refractivity contribution is 7.92. The van der Waals surface area contributed by atoms with Crippen LogP contribution in [0.3, 0.4) is 0 Å². The molecule has 138 valence electrons. The fourth-order valence-electron chi connectivity index (χ4n) is 2.11. The predicted octanol–water partition coefficient (Wildman–Crippen LogP) is 3.84. The minimum Gasteiger partial charge on any atom is -0.305 e. The molecule has 7 nitrogen and oxygen atoms in total. The molecule has 0 fully saturated rings. The van der Waals surface area contributed by atoms with E-state index >= 15 is 0 Å². The molecule has 0 aliphatic heterocycles. The number of amides is 1. The van der Waals surface area contributed by atoms with Gasteiger partial charge in [0.05, 0.1) is 4.90 Å². The number of sulfonamides is 1. The fraction of sp³-hybridized carbons (Fsp3) is 0. The molecule has 1 aromatic heterocycles. The molecule has 1 amide bonds. The summed E-state index contributed by atoms with van der Waals surface area (Å²) in [7, 11) is -3.88. The smallest absolute Gasteiger partial charge is 0.261 e. The van der Waals surface area contributed by atoms with Crippen molar-refractivity contribution in [3.63, 3.8) is 0 Å². The fourth-order valence-corrected chi connectivity index (χ4v) is 3.44. The number of carbonyl (C=O) groups is 1. The summed E-state index contributed by atoms with van der Waals surface area (Å²) in [6.45, 7) is 0. The van der Waals surface area contributed by atoms with Crippen LogP contribution in [0, 0.1) is 0 Å². The first-order valence-electron chi connectivity index (χ1n) is 7.52. The molecule has 3 aromatic rings. The number of anilines is 2. The molecule has 2 aromatic carbocycles. The van der Waals surface area contributed by atoms with Gasteiger partial charge in [-0.3, -0.25) is 9.52 Å². The molecule has 0 aliphatic carbocycles. The van der Waals surface area contributed by atoms with Crippen molar-refractivity contribution in [3.8, 4) is 0 Å². The van der Waals surface area contributed by atoms with Gasteiger partial charge in [0.15, 0.2) is 11.0 Å². The molecule has 0 aliphatic rings. The van der Waals surface area contributed by atoms with Gasteiger partial charge in [-0.1, -0.05) is 29.3 Å². The van der Waals surface area contributed by atoms with E-state index in [0.29, 0.717) is 10.7 Å². The average molecular weight is 423 g/mol. The Morgan fingerprint density at radius 3 is 2.33 bits per heavy atom. The largest absolute Gasteiger partial charge is 0.305 e. The van der Waals surface area contributed by atoms with Crippen LogP contribution in [0.25, 0.3) is 0 Å². The van der Waals surface area contributed by atoms with Crippen molar-refractivity contribution in [2.24, 2.45) is 0 Å². The molecule has 0 spiro atoms. The SMILES string of the molecule is O=C(Nc1ccc(Cl)nn1)c1cccc(S(=O)(=O)Nc2ccc(Cl)cc2)c1. The number of hydrogen-bond acceptors (Lipinski definition) is 5. The van der Waals surface area contributed by atoms with E-state index in [4.69, 9.17) is 23.2 Å². The zero-order valence-electron chi connectivity index (χ0n) is 13.6. The second kappa shape index (κ2) is 7.91. The Kier molecular flexibility index (Phi) is 5.59. The number of benzene rings is 2. The van der Waals surface area contributed by atoms with Gasteiger partial charge in [0.25, 0.3) is 15.9 Å². The molecule has 1 heterocycles. The molecule has 10 heteroatoms. The van der Waals surface area contributed by atoms with Gasteiger partial charge in [-0.25, -0.2) is 8.42 Å². The van der Waals surface area contributed by atoms with Crippen LogP contribution in [0.15, 0.2) is 65.6 Å². The van der Waals surface area contributed by atoms with E-state index in [0.717, 1.165) is 0 Å². The highest BCUT2D eigenvalue weighted by Crippen LogP contribution is 2.19. The Morgan fingerprint density at radius 1 is 0.926 bits per heavy atom. The summed E-state index contributed by atoms with van der Waals surface area (Å²) in [6.07, 6.45) is 0. The van der Waals surface area contributed by atoms with Crippen LogP contribution in [0.1, 0.15) is 10.4 Å². The zero-order chi connectivity index (χ0) is 19.4. The van der Waals surface area contributed by atoms with E-state index < -0.39 is 15.9 Å². The number of carbonyl (C=O) groups excluding carboxylic acids is 1. The zero-order valence-corrected chi connectivity index (χ0v) is 15.9. The Labute approximate surface area is 165 Å². The molecular formula is C17H12Cl2N4O3S. The lowest BCUT2D eigenvalue weighted by atomic mass is 10.2. The summed E-state index contributed by atoms with van der Waals surface area (Å²) in [5.41, 5.74) is 0.497. The third-order valence-electron chi connectivity index (χ3n) is 3.38. The van der Waals surface area contributed by atoms with Gasteiger partial charge in [-0.2, -0.15) is 0 Å². The van der Waals surface area contributed by atoms with Gasteiger partial charge in [0.2, 0.25) is 0 Å². The summed E-state index contributed by atoms with van der Waals surface area (Å²) in [5.74, 6) is -0.341. The Bertz CT molecular complexity index is 1070. The van der Waals surface area contributed by atoms with Crippen LogP contribution in [0.5, 0.6) is 0 Å². The topological polar surface area (TPSA) is 101 Å². The molecule has 0 atom stereocenters. The molecule has 27 heavy (non-hydrogen) atoms. The average Bonchev–Trinajstić information content (AvgIpc) is 2.65. The molecule has 0 bridgehead atoms. The molecule has 2 N–H and O–H groups in total. The summed E-state index contributed by atoms with van der Waals surface area (Å²) >= 11 is 11.4. The third-order valence-corrected chi connectivity index (χ3v) is 5.21. The van der Waals surface area contributed by atoms with Gasteiger partial charge in [-0.15, -0.1) is 10.2 Å². The number of hydrogen-bond donors (Lipinski definition) is 2. The van der Waals surface area contributed by atoms with Gasteiger partial charge in [0.1, 0.15) is 0 Å². The van der Waals surface area contributed by atoms with Crippen molar-refractivity contribution in [2.45, 2.75) is 4.90 Å². The normalized spacial score (nSPS) is 11.0. The van der Waals surface area contributed by atoms with Crippen LogP contribution in [0.4, 0.5) is 11.5 Å². The van der Waals surface area contributed by atoms with E-state index in [1.165, 1.54) is 48.5 Å². The van der Waals surface area contributed by atoms with E-state index in [1.807, 2.05) is 0 Å². The first kappa shape index (κ1) is 19.1. The van der Waals surface area contributed by atoms with Crippen molar-refractivity contribution < 1.29 is 13.2 Å². The minimum absolute atomic E-state index is 0.0627. The van der Waals surface area contributed by atoms with E-state index in [2.05, 4.69) is 20.2 Å². The Balaban J connectivity index is 1.80. The lowest BCUT2D eigenvalue weighted by Crippen LogP contribution is -2.16. The second-order valence-electron chi connectivity index (χ2n) is 5.34. The van der Waals surface area contributed by atoms with Crippen molar-refractivity contribution in [1.82, 2.24) is 10.2 Å². The van der Waals surface area contributed by atoms with Gasteiger partial charge >= 0.3 is 0 Å². The van der Waals surface area contributed by atoms with E-state index in [1.54, 1.807) is 12.1 Å². The van der Waals surface area contributed by atoms with Crippen LogP contribution in [0.2, 0.25) is 10.2 Å². The lowest BCUT2D eigenvalue weighted by Gasteiger charge is -2.10. The number of halogens is 2. The maximum Gasteiger partial charge on any atom is 0.261 e. The Hall–Kier alpha value is -2.68. The van der Waals surface area contributed by atoms with Crippen molar-refractivity contribution in [2.75, 3.05) is 10.0 Å². The van der Waals surface area contributed by atoms with Crippen LogP contribution >= 0.6 is 23.2 Å². The molecule has 0 saturated carbocycles. The lowest BCUT2D eigenvalue weighted by molar-refractivity contribution is 0.102. The summed E-state index contributed by atoms with van der Waals surface area (Å²) in [5, 5.41) is 10.5. The highest BCUT2D eigenvalue weighted by Gasteiger charge is 2.17. The molecule has 0 saturated heterocycles. The first-order chi connectivity index (χ1) is 12.8. The van der Waals surface area contributed by atoms with Crippen molar-refractivity contribution >= 4 is 50.6 Å². The quantitative estimate of drug-likeness (QED) is 0.650. The van der Waals surface area contributed by atoms with Crippen LogP contribution in [-0.4, -0.2) is 24.5 Å². The monoisotopic (exact) mass is 422 g/mol.